The van der Waals surface area contributed by atoms with Crippen molar-refractivity contribution in [3.63, 3.8) is 0 Å². The molecule has 4 aliphatic rings. The first-order valence-corrected chi connectivity index (χ1v) is 14.9. The molecule has 6 atom stereocenters. The average Bonchev–Trinajstić information content (AvgIpc) is 3.50. The smallest absolute Gasteiger partial charge is 0.335 e. The van der Waals surface area contributed by atoms with Gasteiger partial charge in [0, 0.05) is 11.8 Å². The molecule has 37 heavy (non-hydrogen) atoms. The van der Waals surface area contributed by atoms with Crippen molar-refractivity contribution >= 4 is 11.9 Å². The predicted octanol–water partition coefficient (Wildman–Crippen LogP) is 7.96. The van der Waals surface area contributed by atoms with Gasteiger partial charge in [0.25, 0.3) is 0 Å². The molecule has 0 N–H and O–H groups in total. The lowest BCUT2D eigenvalue weighted by atomic mass is 9.77. The zero-order valence-electron chi connectivity index (χ0n) is 23.3. The fourth-order valence-electron chi connectivity index (χ4n) is 7.30. The third-order valence-electron chi connectivity index (χ3n) is 8.95. The Morgan fingerprint density at radius 1 is 0.703 bits per heavy atom. The van der Waals surface area contributed by atoms with E-state index >= 15 is 0 Å². The maximum absolute atomic E-state index is 13.9. The highest BCUT2D eigenvalue weighted by atomic mass is 16.6. The standard InChI is InChI=1S/C33H46O4/c1-5-13-26-15-9-11-21-32(26,19-7-3)36-30(34)28-24-17-18-25(23-24)29(28)31(35)37-33(20-8-4)22-12-10-16-27(33)14-6-2/h9-12,15-16,21-22,24-27H,5-8,13-14,17-20,23H2,1-4H3. The van der Waals surface area contributed by atoms with Gasteiger partial charge in [-0.25, -0.2) is 9.59 Å². The number of rotatable bonds is 12. The molecular weight excluding hydrogens is 460 g/mol. The summed E-state index contributed by atoms with van der Waals surface area (Å²) >= 11 is 0. The number of hydrogen-bond acceptors (Lipinski definition) is 4. The van der Waals surface area contributed by atoms with Crippen LogP contribution in [-0.4, -0.2) is 23.1 Å². The van der Waals surface area contributed by atoms with Crippen LogP contribution < -0.4 is 0 Å². The summed E-state index contributed by atoms with van der Waals surface area (Å²) in [5.74, 6) is -0.0982. The fraction of sp³-hybridized carbons (Fsp3) is 0.636. The quantitative estimate of drug-likeness (QED) is 0.252. The van der Waals surface area contributed by atoms with Gasteiger partial charge in [-0.1, -0.05) is 89.8 Å². The molecule has 0 aromatic carbocycles. The Hall–Kier alpha value is -2.36. The first-order chi connectivity index (χ1) is 17.9. The average molecular weight is 507 g/mol. The molecule has 0 heterocycles. The number of carbonyl (C=O) groups excluding carboxylic acids is 2. The molecule has 6 unspecified atom stereocenters. The molecule has 2 bridgehead atoms. The van der Waals surface area contributed by atoms with E-state index in [2.05, 4.69) is 64.2 Å². The highest BCUT2D eigenvalue weighted by Gasteiger charge is 2.50. The Bertz CT molecular complexity index is 920. The molecule has 4 nitrogen and oxygen atoms in total. The highest BCUT2D eigenvalue weighted by molar-refractivity contribution is 6.03. The lowest BCUT2D eigenvalue weighted by molar-refractivity contribution is -0.159. The summed E-state index contributed by atoms with van der Waals surface area (Å²) in [5.41, 5.74) is -0.0899. The summed E-state index contributed by atoms with van der Waals surface area (Å²) in [6.45, 7) is 8.61. The van der Waals surface area contributed by atoms with Crippen molar-refractivity contribution in [2.24, 2.45) is 23.7 Å². The minimum atomic E-state index is -0.646. The van der Waals surface area contributed by atoms with Gasteiger partial charge in [0.15, 0.2) is 0 Å². The van der Waals surface area contributed by atoms with Crippen molar-refractivity contribution in [2.75, 3.05) is 0 Å². The van der Waals surface area contributed by atoms with Gasteiger partial charge in [0.2, 0.25) is 0 Å². The van der Waals surface area contributed by atoms with Gasteiger partial charge in [-0.15, -0.1) is 0 Å². The number of allylic oxidation sites excluding steroid dienone is 4. The molecule has 0 saturated heterocycles. The second-order valence-electron chi connectivity index (χ2n) is 11.5. The predicted molar refractivity (Wildman–Crippen MR) is 149 cm³/mol. The van der Waals surface area contributed by atoms with E-state index in [1.54, 1.807) is 0 Å². The van der Waals surface area contributed by atoms with E-state index in [-0.39, 0.29) is 35.6 Å². The Labute approximate surface area is 223 Å². The van der Waals surface area contributed by atoms with Crippen LogP contribution >= 0.6 is 0 Å². The zero-order valence-corrected chi connectivity index (χ0v) is 23.3. The molecule has 202 valence electrons. The lowest BCUT2D eigenvalue weighted by Gasteiger charge is -2.39. The Kier molecular flexibility index (Phi) is 8.98. The third kappa shape index (κ3) is 5.45. The summed E-state index contributed by atoms with van der Waals surface area (Å²) in [4.78, 5) is 27.9. The molecule has 1 fully saturated rings. The van der Waals surface area contributed by atoms with E-state index in [1.165, 1.54) is 0 Å². The highest BCUT2D eigenvalue weighted by Crippen LogP contribution is 2.51. The summed E-state index contributed by atoms with van der Waals surface area (Å²) < 4.78 is 12.9. The van der Waals surface area contributed by atoms with Crippen molar-refractivity contribution in [3.8, 4) is 0 Å². The monoisotopic (exact) mass is 506 g/mol. The Balaban J connectivity index is 1.64. The third-order valence-corrected chi connectivity index (χ3v) is 8.95. The molecule has 4 heteroatoms. The first kappa shape index (κ1) is 27.7. The second kappa shape index (κ2) is 12.0. The molecule has 1 saturated carbocycles. The van der Waals surface area contributed by atoms with Crippen molar-refractivity contribution < 1.29 is 19.1 Å². The summed E-state index contributed by atoms with van der Waals surface area (Å²) in [6.07, 6.45) is 26.8. The SMILES string of the molecule is CCCC1C=CC=CC1(CCC)OC(=O)C1=C(C(=O)OC2(CCC)C=CC=CC2CCC)C2CCC1C2. The summed E-state index contributed by atoms with van der Waals surface area (Å²) in [5, 5.41) is 0. The maximum Gasteiger partial charge on any atom is 0.335 e. The van der Waals surface area contributed by atoms with Crippen LogP contribution in [-0.2, 0) is 19.1 Å². The maximum atomic E-state index is 13.9. The van der Waals surface area contributed by atoms with Crippen molar-refractivity contribution in [1.29, 1.82) is 0 Å². The fourth-order valence-corrected chi connectivity index (χ4v) is 7.30. The number of esters is 2. The second-order valence-corrected chi connectivity index (χ2v) is 11.5. The number of carbonyl (C=O) groups is 2. The van der Waals surface area contributed by atoms with E-state index in [0.29, 0.717) is 11.1 Å². The van der Waals surface area contributed by atoms with Gasteiger partial charge in [-0.3, -0.25) is 0 Å². The van der Waals surface area contributed by atoms with E-state index in [9.17, 15) is 9.59 Å². The normalized spacial score (nSPS) is 33.8. The van der Waals surface area contributed by atoms with Gasteiger partial charge in [-0.2, -0.15) is 0 Å². The van der Waals surface area contributed by atoms with Gasteiger partial charge >= 0.3 is 11.9 Å². The number of fused-ring (bicyclic) bond motifs is 2. The molecule has 0 aromatic rings. The minimum absolute atomic E-state index is 0.0989. The van der Waals surface area contributed by atoms with Gasteiger partial charge in [0.05, 0.1) is 11.1 Å². The van der Waals surface area contributed by atoms with E-state index in [1.807, 2.05) is 12.2 Å². The topological polar surface area (TPSA) is 52.6 Å². The van der Waals surface area contributed by atoms with E-state index < -0.39 is 11.2 Å². The van der Waals surface area contributed by atoms with Crippen molar-refractivity contribution in [3.05, 3.63) is 59.8 Å². The van der Waals surface area contributed by atoms with E-state index in [4.69, 9.17) is 9.47 Å². The molecule has 0 spiro atoms. The molecule has 0 aliphatic heterocycles. The van der Waals surface area contributed by atoms with Crippen LogP contribution in [0.5, 0.6) is 0 Å². The minimum Gasteiger partial charge on any atom is -0.451 e. The van der Waals surface area contributed by atoms with Crippen molar-refractivity contribution in [1.82, 2.24) is 0 Å². The van der Waals surface area contributed by atoms with Crippen LogP contribution in [0, 0.1) is 23.7 Å². The van der Waals surface area contributed by atoms with Crippen LogP contribution in [0.25, 0.3) is 0 Å². The van der Waals surface area contributed by atoms with Crippen LogP contribution in [0.2, 0.25) is 0 Å². The Morgan fingerprint density at radius 2 is 1.14 bits per heavy atom. The molecule has 0 aromatic heterocycles. The van der Waals surface area contributed by atoms with Crippen molar-refractivity contribution in [2.45, 2.75) is 110 Å². The van der Waals surface area contributed by atoms with Crippen LogP contribution in [0.15, 0.2) is 59.8 Å². The first-order valence-electron chi connectivity index (χ1n) is 14.9. The Morgan fingerprint density at radius 3 is 1.51 bits per heavy atom. The molecule has 4 aliphatic carbocycles. The number of hydrogen-bond donors (Lipinski definition) is 0. The van der Waals surface area contributed by atoms with Crippen LogP contribution in [0.1, 0.15) is 98.3 Å². The van der Waals surface area contributed by atoms with Gasteiger partial charge < -0.3 is 9.47 Å². The number of ether oxygens (including phenoxy) is 2. The lowest BCUT2D eigenvalue weighted by Crippen LogP contribution is -2.43. The molecular formula is C33H46O4. The molecule has 4 rings (SSSR count). The summed E-state index contributed by atoms with van der Waals surface area (Å²) in [6, 6.07) is 0. The largest absolute Gasteiger partial charge is 0.451 e. The van der Waals surface area contributed by atoms with Gasteiger partial charge in [-0.05, 0) is 68.9 Å². The van der Waals surface area contributed by atoms with Crippen LogP contribution in [0.3, 0.4) is 0 Å². The van der Waals surface area contributed by atoms with Crippen LogP contribution in [0.4, 0.5) is 0 Å². The molecule has 0 radical (unpaired) electrons. The van der Waals surface area contributed by atoms with E-state index in [0.717, 1.165) is 70.6 Å². The van der Waals surface area contributed by atoms with Gasteiger partial charge in [0.1, 0.15) is 11.2 Å². The summed E-state index contributed by atoms with van der Waals surface area (Å²) in [7, 11) is 0. The zero-order chi connectivity index (χ0) is 26.5. The molecule has 0 amide bonds.